The van der Waals surface area contributed by atoms with Gasteiger partial charge in [0.2, 0.25) is 5.91 Å². The number of nitrogens with zero attached hydrogens (tertiary/aromatic N) is 1. The molecule has 0 unspecified atom stereocenters. The number of carbonyl (C=O) groups excluding carboxylic acids is 1. The van der Waals surface area contributed by atoms with Gasteiger partial charge < -0.3 is 9.73 Å². The summed E-state index contributed by atoms with van der Waals surface area (Å²) >= 11 is 0. The number of carbonyl (C=O) groups is 1. The van der Waals surface area contributed by atoms with Crippen LogP contribution in [-0.2, 0) is 4.79 Å². The zero-order valence-corrected chi connectivity index (χ0v) is 7.07. The number of nitrogens with one attached hydrogen (secondary N) is 1. The molecule has 0 aliphatic carbocycles. The van der Waals surface area contributed by atoms with E-state index in [0.29, 0.717) is 5.76 Å². The fraction of sp³-hybridized carbons (Fsp3) is 0.111. The molecular formula is C9H8N2O2. The highest BCUT2D eigenvalue weighted by Gasteiger charge is 1.98. The molecular weight excluding hydrogens is 168 g/mol. The van der Waals surface area contributed by atoms with E-state index < -0.39 is 0 Å². The highest BCUT2D eigenvalue weighted by Crippen LogP contribution is 2.04. The van der Waals surface area contributed by atoms with E-state index >= 15 is 0 Å². The SMILES string of the molecule is CC(=O)NC(C#N)=Cc1ccco1. The summed E-state index contributed by atoms with van der Waals surface area (Å²) in [7, 11) is 0. The van der Waals surface area contributed by atoms with Crippen molar-refractivity contribution in [2.75, 3.05) is 0 Å². The number of hydrogen-bond donors (Lipinski definition) is 1. The number of nitriles is 1. The number of allylic oxidation sites excluding steroid dienone is 1. The Kier molecular flexibility index (Phi) is 2.87. The van der Waals surface area contributed by atoms with Gasteiger partial charge in [-0.25, -0.2) is 0 Å². The van der Waals surface area contributed by atoms with Gasteiger partial charge in [-0.05, 0) is 12.1 Å². The van der Waals surface area contributed by atoms with E-state index in [2.05, 4.69) is 5.32 Å². The zero-order chi connectivity index (χ0) is 9.68. The first-order chi connectivity index (χ1) is 6.22. The molecule has 0 bridgehead atoms. The topological polar surface area (TPSA) is 66.0 Å². The first kappa shape index (κ1) is 9.07. The van der Waals surface area contributed by atoms with Crippen molar-refractivity contribution in [3.8, 4) is 6.07 Å². The molecule has 0 atom stereocenters. The Morgan fingerprint density at radius 2 is 2.54 bits per heavy atom. The molecule has 0 fully saturated rings. The minimum absolute atomic E-state index is 0.169. The van der Waals surface area contributed by atoms with Gasteiger partial charge in [0.15, 0.2) is 0 Å². The van der Waals surface area contributed by atoms with Crippen LogP contribution in [0.5, 0.6) is 0 Å². The quantitative estimate of drug-likeness (QED) is 0.690. The molecule has 4 nitrogen and oxygen atoms in total. The summed E-state index contributed by atoms with van der Waals surface area (Å²) in [4.78, 5) is 10.6. The molecule has 1 aromatic rings. The van der Waals surface area contributed by atoms with E-state index in [1.54, 1.807) is 12.1 Å². The van der Waals surface area contributed by atoms with Crippen LogP contribution in [0.3, 0.4) is 0 Å². The molecule has 1 N–H and O–H groups in total. The van der Waals surface area contributed by atoms with Crippen LogP contribution >= 0.6 is 0 Å². The van der Waals surface area contributed by atoms with Crippen LogP contribution in [-0.4, -0.2) is 5.91 Å². The average Bonchev–Trinajstić information content (AvgIpc) is 2.55. The van der Waals surface area contributed by atoms with Crippen molar-refractivity contribution in [2.45, 2.75) is 6.92 Å². The Labute approximate surface area is 75.5 Å². The normalized spacial score (nSPS) is 10.6. The number of rotatable bonds is 2. The molecule has 0 spiro atoms. The van der Waals surface area contributed by atoms with Crippen LogP contribution in [0.2, 0.25) is 0 Å². The highest BCUT2D eigenvalue weighted by molar-refractivity contribution is 5.77. The maximum atomic E-state index is 10.6. The van der Waals surface area contributed by atoms with Gasteiger partial charge >= 0.3 is 0 Å². The minimum atomic E-state index is -0.278. The maximum Gasteiger partial charge on any atom is 0.221 e. The second kappa shape index (κ2) is 4.12. The third-order valence-electron chi connectivity index (χ3n) is 1.26. The third kappa shape index (κ3) is 2.83. The fourth-order valence-electron chi connectivity index (χ4n) is 0.802. The summed E-state index contributed by atoms with van der Waals surface area (Å²) in [6.45, 7) is 1.34. The van der Waals surface area contributed by atoms with Crippen molar-refractivity contribution in [1.82, 2.24) is 5.32 Å². The predicted octanol–water partition coefficient (Wildman–Crippen LogP) is 1.28. The van der Waals surface area contributed by atoms with Gasteiger partial charge in [-0.1, -0.05) is 0 Å². The molecule has 0 aliphatic heterocycles. The smallest absolute Gasteiger partial charge is 0.221 e. The molecule has 13 heavy (non-hydrogen) atoms. The van der Waals surface area contributed by atoms with E-state index in [-0.39, 0.29) is 11.6 Å². The third-order valence-corrected chi connectivity index (χ3v) is 1.26. The first-order valence-electron chi connectivity index (χ1n) is 3.65. The van der Waals surface area contributed by atoms with Crippen molar-refractivity contribution in [3.63, 3.8) is 0 Å². The van der Waals surface area contributed by atoms with Crippen molar-refractivity contribution < 1.29 is 9.21 Å². The zero-order valence-electron chi connectivity index (χ0n) is 7.07. The van der Waals surface area contributed by atoms with Gasteiger partial charge in [0.25, 0.3) is 0 Å². The van der Waals surface area contributed by atoms with Crippen LogP contribution in [0, 0.1) is 11.3 Å². The molecule has 0 radical (unpaired) electrons. The van der Waals surface area contributed by atoms with Gasteiger partial charge in [0.1, 0.15) is 17.5 Å². The minimum Gasteiger partial charge on any atom is -0.465 e. The summed E-state index contributed by atoms with van der Waals surface area (Å²) in [5, 5.41) is 11.0. The lowest BCUT2D eigenvalue weighted by molar-refractivity contribution is -0.118. The van der Waals surface area contributed by atoms with Crippen LogP contribution in [0.4, 0.5) is 0 Å². The Hall–Kier alpha value is -2.02. The molecule has 0 aromatic carbocycles. The summed E-state index contributed by atoms with van der Waals surface area (Å²) in [5.41, 5.74) is 0.169. The van der Waals surface area contributed by atoms with Gasteiger partial charge in [-0.2, -0.15) is 5.26 Å². The Balaban J connectivity index is 2.79. The molecule has 4 heteroatoms. The van der Waals surface area contributed by atoms with Crippen LogP contribution in [0.25, 0.3) is 6.08 Å². The van der Waals surface area contributed by atoms with Crippen molar-refractivity contribution in [1.29, 1.82) is 5.26 Å². The summed E-state index contributed by atoms with van der Waals surface area (Å²) in [5.74, 6) is 0.254. The number of hydrogen-bond acceptors (Lipinski definition) is 3. The van der Waals surface area contributed by atoms with E-state index in [9.17, 15) is 4.79 Å². The van der Waals surface area contributed by atoms with Gasteiger partial charge in [0, 0.05) is 13.0 Å². The second-order valence-corrected chi connectivity index (χ2v) is 2.37. The summed E-state index contributed by atoms with van der Waals surface area (Å²) in [6.07, 6.45) is 2.95. The van der Waals surface area contributed by atoms with E-state index in [4.69, 9.17) is 9.68 Å². The number of amides is 1. The van der Waals surface area contributed by atoms with Crippen LogP contribution in [0.15, 0.2) is 28.5 Å². The molecule has 0 saturated carbocycles. The standard InChI is InChI=1S/C9H8N2O2/c1-7(12)11-8(6-10)5-9-3-2-4-13-9/h2-5H,1H3,(H,11,12). The van der Waals surface area contributed by atoms with E-state index in [0.717, 1.165) is 0 Å². The number of furan rings is 1. The van der Waals surface area contributed by atoms with E-state index in [1.807, 2.05) is 6.07 Å². The van der Waals surface area contributed by atoms with Crippen molar-refractivity contribution in [3.05, 3.63) is 29.9 Å². The molecule has 1 heterocycles. The Morgan fingerprint density at radius 3 is 3.00 bits per heavy atom. The van der Waals surface area contributed by atoms with Crippen molar-refractivity contribution >= 4 is 12.0 Å². The fourth-order valence-corrected chi connectivity index (χ4v) is 0.802. The van der Waals surface area contributed by atoms with Crippen molar-refractivity contribution in [2.24, 2.45) is 0 Å². The van der Waals surface area contributed by atoms with Gasteiger partial charge in [-0.3, -0.25) is 4.79 Å². The molecule has 1 rings (SSSR count). The molecule has 1 aromatic heterocycles. The maximum absolute atomic E-state index is 10.6. The summed E-state index contributed by atoms with van der Waals surface area (Å²) < 4.78 is 4.97. The lowest BCUT2D eigenvalue weighted by Gasteiger charge is -1.96. The average molecular weight is 176 g/mol. The van der Waals surface area contributed by atoms with Crippen LogP contribution in [0.1, 0.15) is 12.7 Å². The van der Waals surface area contributed by atoms with E-state index in [1.165, 1.54) is 19.3 Å². The second-order valence-electron chi connectivity index (χ2n) is 2.37. The largest absolute Gasteiger partial charge is 0.465 e. The monoisotopic (exact) mass is 176 g/mol. The van der Waals surface area contributed by atoms with Gasteiger partial charge in [-0.15, -0.1) is 0 Å². The Bertz CT molecular complexity index is 357. The highest BCUT2D eigenvalue weighted by atomic mass is 16.3. The Morgan fingerprint density at radius 1 is 1.77 bits per heavy atom. The van der Waals surface area contributed by atoms with Gasteiger partial charge in [0.05, 0.1) is 6.26 Å². The molecule has 0 aliphatic rings. The lowest BCUT2D eigenvalue weighted by Crippen LogP contribution is -2.17. The van der Waals surface area contributed by atoms with Crippen LogP contribution < -0.4 is 5.32 Å². The lowest BCUT2D eigenvalue weighted by atomic mass is 10.3. The molecule has 0 saturated heterocycles. The first-order valence-corrected chi connectivity index (χ1v) is 3.65. The summed E-state index contributed by atoms with van der Waals surface area (Å²) in [6, 6.07) is 5.24. The molecule has 66 valence electrons. The molecule has 1 amide bonds. The predicted molar refractivity (Wildman–Crippen MR) is 46.1 cm³/mol.